The van der Waals surface area contributed by atoms with Crippen LogP contribution in [0.3, 0.4) is 0 Å². The number of benzene rings is 1. The van der Waals surface area contributed by atoms with Crippen molar-refractivity contribution >= 4 is 11.8 Å². The monoisotopic (exact) mass is 465 g/mol. The second kappa shape index (κ2) is 10.5. The van der Waals surface area contributed by atoms with Crippen LogP contribution in [0.1, 0.15) is 117 Å². The van der Waals surface area contributed by atoms with Gasteiger partial charge in [0.25, 0.3) is 0 Å². The van der Waals surface area contributed by atoms with Gasteiger partial charge in [-0.1, -0.05) is 42.8 Å². The molecule has 2 fully saturated rings. The predicted octanol–water partition coefficient (Wildman–Crippen LogP) is 6.86. The fourth-order valence-electron chi connectivity index (χ4n) is 5.74. The summed E-state index contributed by atoms with van der Waals surface area (Å²) in [5.74, 6) is 2.48. The number of Topliss-reactive ketones (excluding diaryl/α,β-unsaturated/α-hetero) is 1. The maximum atomic E-state index is 13.1. The van der Waals surface area contributed by atoms with Gasteiger partial charge in [-0.3, -0.25) is 9.59 Å². The molecule has 1 unspecified atom stereocenters. The molecule has 1 atom stereocenters. The maximum absolute atomic E-state index is 13.1. The number of carbonyl (C=O) groups is 2. The highest BCUT2D eigenvalue weighted by atomic mass is 16.5. The summed E-state index contributed by atoms with van der Waals surface area (Å²) in [5.41, 5.74) is 5.42. The van der Waals surface area contributed by atoms with E-state index in [1.165, 1.54) is 17.5 Å². The molecule has 2 aromatic rings. The zero-order valence-corrected chi connectivity index (χ0v) is 21.1. The van der Waals surface area contributed by atoms with Gasteiger partial charge in [-0.25, -0.2) is 0 Å². The van der Waals surface area contributed by atoms with E-state index in [0.717, 1.165) is 54.2 Å². The average molecular weight is 466 g/mol. The van der Waals surface area contributed by atoms with Crippen LogP contribution >= 0.6 is 0 Å². The topological polar surface area (TPSA) is 80.4 Å². The quantitative estimate of drug-likeness (QED) is 0.370. The van der Waals surface area contributed by atoms with Crippen LogP contribution in [-0.4, -0.2) is 22.0 Å². The average Bonchev–Trinajstić information content (AvgIpc) is 3.48. The molecule has 2 aliphatic rings. The number of rotatable bonds is 12. The number of aliphatic carboxylic acids is 1. The predicted molar refractivity (Wildman–Crippen MR) is 132 cm³/mol. The van der Waals surface area contributed by atoms with Crippen molar-refractivity contribution in [1.82, 2.24) is 5.16 Å². The molecule has 0 saturated heterocycles. The molecule has 5 heteroatoms. The molecule has 1 heterocycles. The van der Waals surface area contributed by atoms with Crippen LogP contribution in [0.15, 0.2) is 22.7 Å². The Balaban J connectivity index is 1.52. The van der Waals surface area contributed by atoms with E-state index in [1.54, 1.807) is 0 Å². The molecule has 1 aromatic carbocycles. The summed E-state index contributed by atoms with van der Waals surface area (Å²) in [6.07, 6.45) is 6.96. The van der Waals surface area contributed by atoms with Gasteiger partial charge in [0.05, 0.1) is 5.69 Å². The van der Waals surface area contributed by atoms with Gasteiger partial charge in [-0.15, -0.1) is 0 Å². The van der Waals surface area contributed by atoms with Gasteiger partial charge in [0, 0.05) is 36.7 Å². The molecule has 4 rings (SSSR count). The summed E-state index contributed by atoms with van der Waals surface area (Å²) in [6, 6.07) is 6.17. The zero-order valence-electron chi connectivity index (χ0n) is 21.1. The number of aromatic nitrogens is 1. The number of hydrogen-bond acceptors (Lipinski definition) is 4. The Kier molecular flexibility index (Phi) is 7.59. The second-order valence-corrected chi connectivity index (χ2v) is 11.3. The minimum atomic E-state index is -0.834. The lowest BCUT2D eigenvalue weighted by molar-refractivity contribution is -0.137. The summed E-state index contributed by atoms with van der Waals surface area (Å²) in [5, 5.41) is 13.9. The van der Waals surface area contributed by atoms with Crippen LogP contribution in [0, 0.1) is 25.7 Å². The lowest BCUT2D eigenvalue weighted by Crippen LogP contribution is -2.23. The van der Waals surface area contributed by atoms with Crippen molar-refractivity contribution in [2.45, 2.75) is 103 Å². The van der Waals surface area contributed by atoms with Crippen LogP contribution in [0.25, 0.3) is 0 Å². The Morgan fingerprint density at radius 1 is 1.15 bits per heavy atom. The lowest BCUT2D eigenvalue weighted by atomic mass is 9.69. The van der Waals surface area contributed by atoms with Crippen molar-refractivity contribution < 1.29 is 19.2 Å². The molecule has 34 heavy (non-hydrogen) atoms. The van der Waals surface area contributed by atoms with Crippen LogP contribution in [0.2, 0.25) is 0 Å². The minimum absolute atomic E-state index is 0.0354. The molecule has 1 aromatic heterocycles. The molecule has 0 amide bonds. The van der Waals surface area contributed by atoms with Gasteiger partial charge in [0.2, 0.25) is 0 Å². The van der Waals surface area contributed by atoms with Crippen molar-refractivity contribution in [3.63, 3.8) is 0 Å². The first kappa shape index (κ1) is 24.7. The molecule has 0 spiro atoms. The minimum Gasteiger partial charge on any atom is -0.481 e. The number of hydrogen-bond donors (Lipinski definition) is 1. The van der Waals surface area contributed by atoms with Crippen molar-refractivity contribution in [3.05, 3.63) is 51.9 Å². The number of ketones is 1. The highest BCUT2D eigenvalue weighted by Gasteiger charge is 2.41. The van der Waals surface area contributed by atoms with Crippen LogP contribution in [-0.2, 0) is 16.0 Å². The Morgan fingerprint density at radius 3 is 2.50 bits per heavy atom. The third-order valence-corrected chi connectivity index (χ3v) is 7.63. The summed E-state index contributed by atoms with van der Waals surface area (Å²) in [4.78, 5) is 24.5. The van der Waals surface area contributed by atoms with Gasteiger partial charge in [0.15, 0.2) is 0 Å². The SMILES string of the molecule is Cc1ccc(CC(=O)CC(CCC(=O)O)c2noc(C3CC(CC(C)C)C3)c2C2CC2)c(C)c1. The van der Waals surface area contributed by atoms with Gasteiger partial charge < -0.3 is 9.63 Å². The summed E-state index contributed by atoms with van der Waals surface area (Å²) >= 11 is 0. The van der Waals surface area contributed by atoms with E-state index in [4.69, 9.17) is 4.52 Å². The molecule has 184 valence electrons. The Bertz CT molecular complexity index is 1030. The first-order chi connectivity index (χ1) is 16.2. The van der Waals surface area contributed by atoms with E-state index < -0.39 is 5.97 Å². The van der Waals surface area contributed by atoms with E-state index in [1.807, 2.05) is 19.1 Å². The summed E-state index contributed by atoms with van der Waals surface area (Å²) in [7, 11) is 0. The number of carbonyl (C=O) groups excluding carboxylic acids is 1. The molecule has 5 nitrogen and oxygen atoms in total. The first-order valence-corrected chi connectivity index (χ1v) is 13.0. The smallest absolute Gasteiger partial charge is 0.303 e. The van der Waals surface area contributed by atoms with E-state index in [-0.39, 0.29) is 18.1 Å². The van der Waals surface area contributed by atoms with Crippen LogP contribution in [0.5, 0.6) is 0 Å². The number of nitrogens with zero attached hydrogens (tertiary/aromatic N) is 1. The molecule has 0 aliphatic heterocycles. The maximum Gasteiger partial charge on any atom is 0.303 e. The Hall–Kier alpha value is -2.43. The molecule has 2 aliphatic carbocycles. The van der Waals surface area contributed by atoms with E-state index in [2.05, 4.69) is 32.0 Å². The molecule has 1 N–H and O–H groups in total. The zero-order chi connectivity index (χ0) is 24.4. The number of carboxylic acid groups (broad SMARTS) is 1. The fraction of sp³-hybridized carbons (Fsp3) is 0.621. The largest absolute Gasteiger partial charge is 0.481 e. The fourth-order valence-corrected chi connectivity index (χ4v) is 5.74. The van der Waals surface area contributed by atoms with Gasteiger partial charge >= 0.3 is 5.97 Å². The molecular weight excluding hydrogens is 426 g/mol. The molecule has 2 saturated carbocycles. The summed E-state index contributed by atoms with van der Waals surface area (Å²) in [6.45, 7) is 8.64. The van der Waals surface area contributed by atoms with Crippen molar-refractivity contribution in [1.29, 1.82) is 0 Å². The summed E-state index contributed by atoms with van der Waals surface area (Å²) < 4.78 is 5.97. The second-order valence-electron chi connectivity index (χ2n) is 11.3. The van der Waals surface area contributed by atoms with Crippen molar-refractivity contribution in [2.75, 3.05) is 0 Å². The molecule has 0 bridgehead atoms. The third-order valence-electron chi connectivity index (χ3n) is 7.63. The number of carboxylic acids is 1. The normalized spacial score (nSPS) is 20.9. The van der Waals surface area contributed by atoms with Gasteiger partial charge in [-0.05, 0) is 81.3 Å². The Morgan fingerprint density at radius 2 is 1.88 bits per heavy atom. The van der Waals surface area contributed by atoms with Crippen LogP contribution < -0.4 is 0 Å². The first-order valence-electron chi connectivity index (χ1n) is 13.0. The Labute approximate surface area is 203 Å². The van der Waals surface area contributed by atoms with E-state index in [9.17, 15) is 14.7 Å². The molecule has 0 radical (unpaired) electrons. The third kappa shape index (κ3) is 5.97. The lowest BCUT2D eigenvalue weighted by Gasteiger charge is -2.35. The van der Waals surface area contributed by atoms with Gasteiger partial charge in [0.1, 0.15) is 11.5 Å². The number of aryl methyl sites for hydroxylation is 2. The standard InChI is InChI=1S/C29H39NO4/c1-17(2)11-20-13-24(14-20)29-27(21-7-8-21)28(30-34-29)23(9-10-26(32)33)16-25(31)15-22-6-5-18(3)12-19(22)4/h5-6,12,17,20-21,23-24H,7-11,13-16H2,1-4H3,(H,32,33). The van der Waals surface area contributed by atoms with Crippen molar-refractivity contribution in [3.8, 4) is 0 Å². The van der Waals surface area contributed by atoms with E-state index in [0.29, 0.717) is 37.0 Å². The highest BCUT2D eigenvalue weighted by Crippen LogP contribution is 2.52. The highest BCUT2D eigenvalue weighted by molar-refractivity contribution is 5.82. The van der Waals surface area contributed by atoms with Gasteiger partial charge in [-0.2, -0.15) is 0 Å². The van der Waals surface area contributed by atoms with Crippen LogP contribution in [0.4, 0.5) is 0 Å². The van der Waals surface area contributed by atoms with E-state index >= 15 is 0 Å². The van der Waals surface area contributed by atoms with Crippen molar-refractivity contribution in [2.24, 2.45) is 11.8 Å². The molecular formula is C29H39NO4.